The molecule has 5 rings (SSSR count). The van der Waals surface area contributed by atoms with Gasteiger partial charge in [0, 0.05) is 36.5 Å². The molecule has 0 saturated carbocycles. The third-order valence-corrected chi connectivity index (χ3v) is 6.06. The highest BCUT2D eigenvalue weighted by Gasteiger charge is 2.23. The van der Waals surface area contributed by atoms with E-state index in [2.05, 4.69) is 25.6 Å². The number of nitrogens with one attached hydrogen (secondary N) is 2. The van der Waals surface area contributed by atoms with Gasteiger partial charge in [-0.05, 0) is 50.1 Å². The van der Waals surface area contributed by atoms with Gasteiger partial charge >= 0.3 is 0 Å². The first-order valence-corrected chi connectivity index (χ1v) is 11.8. The van der Waals surface area contributed by atoms with Crippen LogP contribution in [0.3, 0.4) is 0 Å². The highest BCUT2D eigenvalue weighted by molar-refractivity contribution is 5.77. The second-order valence-electron chi connectivity index (χ2n) is 10.1. The van der Waals surface area contributed by atoms with Crippen LogP contribution in [-0.2, 0) is 18.4 Å². The van der Waals surface area contributed by atoms with Gasteiger partial charge in [0.2, 0.25) is 5.95 Å². The van der Waals surface area contributed by atoms with Crippen LogP contribution in [-0.4, -0.2) is 35.8 Å². The van der Waals surface area contributed by atoms with E-state index in [1.165, 1.54) is 6.20 Å². The van der Waals surface area contributed by atoms with Crippen molar-refractivity contribution in [1.29, 1.82) is 0 Å². The number of nitrogens with zero attached hydrogens (tertiary/aromatic N) is 6. The zero-order valence-corrected chi connectivity index (χ0v) is 20.6. The summed E-state index contributed by atoms with van der Waals surface area (Å²) in [4.78, 5) is 31.4. The van der Waals surface area contributed by atoms with Crippen LogP contribution < -0.4 is 16.2 Å². The molecule has 0 radical (unpaired) electrons. The van der Waals surface area contributed by atoms with Gasteiger partial charge in [0.25, 0.3) is 5.56 Å². The third kappa shape index (κ3) is 4.18. The summed E-state index contributed by atoms with van der Waals surface area (Å²) in [6.07, 6.45) is 3.99. The molecule has 0 fully saturated rings. The largest absolute Gasteiger partial charge is 0.322 e. The highest BCUT2D eigenvalue weighted by atomic mass is 19.1. The summed E-state index contributed by atoms with van der Waals surface area (Å²) in [5.74, 6) is 1.00. The highest BCUT2D eigenvalue weighted by Crippen LogP contribution is 2.26. The zero-order chi connectivity index (χ0) is 24.9. The molecule has 9 nitrogen and oxygen atoms in total. The second-order valence-corrected chi connectivity index (χ2v) is 10.1. The van der Waals surface area contributed by atoms with Gasteiger partial charge in [-0.25, -0.2) is 28.7 Å². The van der Waals surface area contributed by atoms with Crippen LogP contribution in [0.1, 0.15) is 57.6 Å². The first-order valence-electron chi connectivity index (χ1n) is 11.8. The molecule has 1 aliphatic heterocycles. The molecule has 3 aromatic heterocycles. The molecule has 0 spiro atoms. The van der Waals surface area contributed by atoms with Crippen LogP contribution in [0.15, 0.2) is 35.4 Å². The fourth-order valence-corrected chi connectivity index (χ4v) is 4.29. The monoisotopic (exact) mass is 476 g/mol. The standard InChI is InChI=1S/C25H29FN8O/c1-14(2)33-22(35)17-13-29-24(30-19-11-15-6-8-27-12-16(15)10-18(19)26)32-21(17)34(33)20-7-9-28-23(31-20)25(3,4)5/h7,9-11,13-14,27H,6,8,12H2,1-5H3,(H,29,30,32). The fourth-order valence-electron chi connectivity index (χ4n) is 4.29. The summed E-state index contributed by atoms with van der Waals surface area (Å²) in [5.41, 5.74) is 2.25. The molecule has 182 valence electrons. The maximum absolute atomic E-state index is 14.8. The smallest absolute Gasteiger partial charge is 0.278 e. The Bertz CT molecular complexity index is 1480. The topological polar surface area (TPSA) is 103 Å². The lowest BCUT2D eigenvalue weighted by molar-refractivity contribution is 0.467. The SMILES string of the molecule is CC(C)n1c(=O)c2cnc(Nc3cc4c(cc3F)CNCC4)nc2n1-c1ccnc(C(C)(C)C)n1. The molecule has 0 amide bonds. The number of benzene rings is 1. The van der Waals surface area contributed by atoms with Crippen LogP contribution in [0.2, 0.25) is 0 Å². The molecule has 0 atom stereocenters. The van der Waals surface area contributed by atoms with Crippen molar-refractivity contribution in [1.82, 2.24) is 34.6 Å². The van der Waals surface area contributed by atoms with E-state index < -0.39 is 0 Å². The van der Waals surface area contributed by atoms with Gasteiger partial charge in [0.1, 0.15) is 17.0 Å². The summed E-state index contributed by atoms with van der Waals surface area (Å²) in [5, 5.41) is 6.62. The Hall–Kier alpha value is -3.66. The van der Waals surface area contributed by atoms with Crippen molar-refractivity contribution in [2.24, 2.45) is 0 Å². The van der Waals surface area contributed by atoms with E-state index >= 15 is 0 Å². The molecule has 2 N–H and O–H groups in total. The van der Waals surface area contributed by atoms with Crippen LogP contribution in [0.4, 0.5) is 16.0 Å². The number of hydrogen-bond acceptors (Lipinski definition) is 7. The minimum atomic E-state index is -0.376. The number of aromatic nitrogens is 6. The van der Waals surface area contributed by atoms with Gasteiger partial charge in [0.15, 0.2) is 11.5 Å². The summed E-state index contributed by atoms with van der Waals surface area (Å²) in [6, 6.07) is 4.95. The Morgan fingerprint density at radius 3 is 2.69 bits per heavy atom. The Morgan fingerprint density at radius 1 is 1.14 bits per heavy atom. The molecule has 4 aromatic rings. The number of anilines is 2. The lowest BCUT2D eigenvalue weighted by Gasteiger charge is -2.19. The Kier molecular flexibility index (Phi) is 5.63. The van der Waals surface area contributed by atoms with Gasteiger partial charge in [-0.3, -0.25) is 4.79 Å². The molecule has 35 heavy (non-hydrogen) atoms. The van der Waals surface area contributed by atoms with Gasteiger partial charge in [-0.15, -0.1) is 0 Å². The average Bonchev–Trinajstić information content (AvgIpc) is 3.11. The lowest BCUT2D eigenvalue weighted by Crippen LogP contribution is -2.25. The van der Waals surface area contributed by atoms with Gasteiger partial charge in [-0.1, -0.05) is 20.8 Å². The second kappa shape index (κ2) is 8.53. The normalized spacial score (nSPS) is 13.9. The number of halogens is 1. The first kappa shape index (κ1) is 23.1. The zero-order valence-electron chi connectivity index (χ0n) is 20.6. The predicted molar refractivity (Wildman–Crippen MR) is 133 cm³/mol. The van der Waals surface area contributed by atoms with Crippen LogP contribution in [0.5, 0.6) is 0 Å². The quantitative estimate of drug-likeness (QED) is 0.462. The molecule has 1 aliphatic rings. The summed E-state index contributed by atoms with van der Waals surface area (Å²) in [7, 11) is 0. The minimum absolute atomic E-state index is 0.159. The van der Waals surface area contributed by atoms with Crippen LogP contribution in [0.25, 0.3) is 16.9 Å². The Labute approximate surface area is 202 Å². The number of rotatable bonds is 4. The van der Waals surface area contributed by atoms with Crippen molar-refractivity contribution in [3.8, 4) is 5.82 Å². The molecule has 4 heterocycles. The number of fused-ring (bicyclic) bond motifs is 2. The summed E-state index contributed by atoms with van der Waals surface area (Å²) in [6.45, 7) is 11.4. The molecule has 0 saturated heterocycles. The molecular formula is C25H29FN8O. The van der Waals surface area contributed by atoms with Crippen molar-refractivity contribution in [2.75, 3.05) is 11.9 Å². The molecule has 0 aliphatic carbocycles. The van der Waals surface area contributed by atoms with Crippen molar-refractivity contribution >= 4 is 22.7 Å². The molecule has 1 aromatic carbocycles. The van der Waals surface area contributed by atoms with Crippen molar-refractivity contribution in [2.45, 2.75) is 59.0 Å². The predicted octanol–water partition coefficient (Wildman–Crippen LogP) is 3.78. The van der Waals surface area contributed by atoms with Crippen molar-refractivity contribution < 1.29 is 4.39 Å². The fraction of sp³-hybridized carbons (Fsp3) is 0.400. The van der Waals surface area contributed by atoms with Gasteiger partial charge in [0.05, 0.1) is 5.69 Å². The van der Waals surface area contributed by atoms with E-state index in [-0.39, 0.29) is 28.8 Å². The van der Waals surface area contributed by atoms with E-state index in [4.69, 9.17) is 4.98 Å². The molecule has 10 heteroatoms. The van der Waals surface area contributed by atoms with Crippen LogP contribution >= 0.6 is 0 Å². The first-order chi connectivity index (χ1) is 16.6. The third-order valence-electron chi connectivity index (χ3n) is 6.06. The van der Waals surface area contributed by atoms with Crippen LogP contribution in [0, 0.1) is 5.82 Å². The maximum Gasteiger partial charge on any atom is 0.278 e. The molecule has 0 unspecified atom stereocenters. The van der Waals surface area contributed by atoms with Gasteiger partial charge in [-0.2, -0.15) is 4.98 Å². The lowest BCUT2D eigenvalue weighted by atomic mass is 9.96. The Balaban J connectivity index is 1.65. The van der Waals surface area contributed by atoms with E-state index in [1.54, 1.807) is 27.7 Å². The maximum atomic E-state index is 14.8. The number of hydrogen-bond donors (Lipinski definition) is 2. The van der Waals surface area contributed by atoms with Crippen molar-refractivity contribution in [3.63, 3.8) is 0 Å². The molecular weight excluding hydrogens is 447 g/mol. The Morgan fingerprint density at radius 2 is 1.94 bits per heavy atom. The van der Waals surface area contributed by atoms with E-state index in [1.807, 2.05) is 40.7 Å². The van der Waals surface area contributed by atoms with Gasteiger partial charge < -0.3 is 10.6 Å². The summed E-state index contributed by atoms with van der Waals surface area (Å²) < 4.78 is 18.1. The summed E-state index contributed by atoms with van der Waals surface area (Å²) >= 11 is 0. The van der Waals surface area contributed by atoms with Crippen molar-refractivity contribution in [3.05, 3.63) is 63.7 Å². The van der Waals surface area contributed by atoms with E-state index in [9.17, 15) is 9.18 Å². The van der Waals surface area contributed by atoms with E-state index in [0.29, 0.717) is 34.9 Å². The van der Waals surface area contributed by atoms with E-state index in [0.717, 1.165) is 24.1 Å². The average molecular weight is 477 g/mol. The minimum Gasteiger partial charge on any atom is -0.322 e. The molecule has 0 bridgehead atoms.